The Balaban J connectivity index is 1.79. The summed E-state index contributed by atoms with van der Waals surface area (Å²) in [6, 6.07) is 18.9. The van der Waals surface area contributed by atoms with Gasteiger partial charge in [0.05, 0.1) is 12.7 Å². The summed E-state index contributed by atoms with van der Waals surface area (Å²) < 4.78 is 11.3. The first-order valence-corrected chi connectivity index (χ1v) is 9.29. The lowest BCUT2D eigenvalue weighted by Crippen LogP contribution is -2.23. The van der Waals surface area contributed by atoms with Gasteiger partial charge < -0.3 is 19.9 Å². The van der Waals surface area contributed by atoms with E-state index in [1.165, 1.54) is 12.1 Å². The van der Waals surface area contributed by atoms with Crippen LogP contribution < -0.4 is 14.8 Å². The Kier molecular flexibility index (Phi) is 5.22. The summed E-state index contributed by atoms with van der Waals surface area (Å²) in [6.07, 6.45) is 1.74. The molecule has 1 heterocycles. The number of phenolic OH excluding ortho intramolecular Hbond substituents is 1. The van der Waals surface area contributed by atoms with Crippen LogP contribution in [0.15, 0.2) is 72.3 Å². The molecule has 0 saturated carbocycles. The zero-order valence-electron chi connectivity index (χ0n) is 16.2. The van der Waals surface area contributed by atoms with Crippen molar-refractivity contribution in [3.63, 3.8) is 0 Å². The van der Waals surface area contributed by atoms with Crippen LogP contribution in [0.25, 0.3) is 6.08 Å². The number of hydrogen-bond acceptors (Lipinski definition) is 5. The highest BCUT2D eigenvalue weighted by Crippen LogP contribution is 2.40. The minimum Gasteiger partial charge on any atom is -0.508 e. The molecule has 6 heteroatoms. The van der Waals surface area contributed by atoms with Crippen molar-refractivity contribution in [3.05, 3.63) is 89.0 Å². The summed E-state index contributed by atoms with van der Waals surface area (Å²) in [5, 5.41) is 12.4. The van der Waals surface area contributed by atoms with Gasteiger partial charge in [0.15, 0.2) is 11.9 Å². The number of ketones is 1. The normalized spacial score (nSPS) is 16.5. The van der Waals surface area contributed by atoms with Crippen LogP contribution in [0.1, 0.15) is 27.6 Å². The Labute approximate surface area is 173 Å². The Hall–Kier alpha value is -4.06. The highest BCUT2D eigenvalue weighted by Gasteiger charge is 2.33. The van der Waals surface area contributed by atoms with Crippen LogP contribution in [-0.2, 0) is 4.79 Å². The van der Waals surface area contributed by atoms with Gasteiger partial charge in [-0.05, 0) is 59.7 Å². The number of ether oxygens (including phenoxy) is 2. The molecule has 1 aliphatic rings. The monoisotopic (exact) mass is 401 g/mol. The number of rotatable bonds is 5. The number of amides is 1. The van der Waals surface area contributed by atoms with Crippen LogP contribution in [0.3, 0.4) is 0 Å². The Morgan fingerprint density at radius 2 is 1.77 bits per heavy atom. The summed E-state index contributed by atoms with van der Waals surface area (Å²) in [5.41, 5.74) is 2.97. The number of nitrogens with one attached hydrogen (secondary N) is 1. The number of benzene rings is 3. The first kappa shape index (κ1) is 19.3. The first-order chi connectivity index (χ1) is 14.6. The third kappa shape index (κ3) is 3.75. The van der Waals surface area contributed by atoms with E-state index in [1.807, 2.05) is 24.3 Å². The van der Waals surface area contributed by atoms with Gasteiger partial charge in [-0.1, -0.05) is 24.3 Å². The molecule has 0 saturated heterocycles. The van der Waals surface area contributed by atoms with Gasteiger partial charge >= 0.3 is 0 Å². The summed E-state index contributed by atoms with van der Waals surface area (Å²) in [7, 11) is 1.59. The maximum Gasteiger partial charge on any atom is 0.211 e. The highest BCUT2D eigenvalue weighted by molar-refractivity contribution is 6.14. The zero-order chi connectivity index (χ0) is 21.1. The van der Waals surface area contributed by atoms with Crippen molar-refractivity contribution in [1.82, 2.24) is 0 Å². The SMILES string of the molecule is COc1ccc(C=C2C(=O)c3cc(O)ccc3OC2c2ccc(NC=O)cc2)cc1. The second-order valence-electron chi connectivity index (χ2n) is 6.76. The topological polar surface area (TPSA) is 84.9 Å². The van der Waals surface area contributed by atoms with Gasteiger partial charge in [-0.2, -0.15) is 0 Å². The van der Waals surface area contributed by atoms with Crippen molar-refractivity contribution in [1.29, 1.82) is 0 Å². The molecule has 0 bridgehead atoms. The van der Waals surface area contributed by atoms with Gasteiger partial charge in [-0.15, -0.1) is 0 Å². The van der Waals surface area contributed by atoms with E-state index in [9.17, 15) is 14.7 Å². The number of hydrogen-bond donors (Lipinski definition) is 2. The van der Waals surface area contributed by atoms with Gasteiger partial charge in [-0.25, -0.2) is 0 Å². The summed E-state index contributed by atoms with van der Waals surface area (Å²) in [4.78, 5) is 24.0. The molecule has 4 rings (SSSR count). The second kappa shape index (κ2) is 8.13. The maximum atomic E-state index is 13.3. The fraction of sp³-hybridized carbons (Fsp3) is 0.0833. The Morgan fingerprint density at radius 1 is 1.03 bits per heavy atom. The zero-order valence-corrected chi connectivity index (χ0v) is 16.2. The van der Waals surface area contributed by atoms with E-state index in [0.29, 0.717) is 34.7 Å². The van der Waals surface area contributed by atoms with E-state index in [1.54, 1.807) is 43.5 Å². The summed E-state index contributed by atoms with van der Waals surface area (Å²) >= 11 is 0. The number of carbonyl (C=O) groups excluding carboxylic acids is 2. The number of phenols is 1. The molecule has 1 atom stereocenters. The average molecular weight is 401 g/mol. The number of Topliss-reactive ketones (excluding diaryl/α,β-unsaturated/α-hetero) is 1. The third-order valence-electron chi connectivity index (χ3n) is 4.87. The molecule has 150 valence electrons. The van der Waals surface area contributed by atoms with E-state index in [-0.39, 0.29) is 11.5 Å². The van der Waals surface area contributed by atoms with Crippen molar-refractivity contribution < 1.29 is 24.2 Å². The molecule has 0 aliphatic carbocycles. The molecule has 0 spiro atoms. The smallest absolute Gasteiger partial charge is 0.211 e. The minimum atomic E-state index is -0.637. The fourth-order valence-electron chi connectivity index (χ4n) is 3.35. The van der Waals surface area contributed by atoms with Crippen molar-refractivity contribution in [2.24, 2.45) is 0 Å². The Morgan fingerprint density at radius 3 is 2.43 bits per heavy atom. The minimum absolute atomic E-state index is 0.00256. The van der Waals surface area contributed by atoms with Crippen LogP contribution in [0.4, 0.5) is 5.69 Å². The standard InChI is InChI=1S/C24H19NO5/c1-29-19-9-2-15(3-10-19)12-21-23(28)20-13-18(27)8-11-22(20)30-24(21)16-4-6-17(7-5-16)25-14-26/h2-14,24,27H,1H3,(H,25,26). The van der Waals surface area contributed by atoms with E-state index >= 15 is 0 Å². The van der Waals surface area contributed by atoms with E-state index in [0.717, 1.165) is 11.1 Å². The van der Waals surface area contributed by atoms with Crippen molar-refractivity contribution in [2.45, 2.75) is 6.10 Å². The number of aromatic hydroxyl groups is 1. The quantitative estimate of drug-likeness (QED) is 0.490. The number of fused-ring (bicyclic) bond motifs is 1. The largest absolute Gasteiger partial charge is 0.508 e. The Bertz CT molecular complexity index is 1120. The van der Waals surface area contributed by atoms with Gasteiger partial charge in [0, 0.05) is 11.3 Å². The molecule has 1 amide bonds. The lowest BCUT2D eigenvalue weighted by Gasteiger charge is -2.28. The van der Waals surface area contributed by atoms with Crippen LogP contribution >= 0.6 is 0 Å². The second-order valence-corrected chi connectivity index (χ2v) is 6.76. The number of anilines is 1. The molecule has 3 aromatic rings. The maximum absolute atomic E-state index is 13.3. The molecule has 1 unspecified atom stereocenters. The predicted molar refractivity (Wildman–Crippen MR) is 113 cm³/mol. The third-order valence-corrected chi connectivity index (χ3v) is 4.87. The van der Waals surface area contributed by atoms with Crippen molar-refractivity contribution in [3.8, 4) is 17.2 Å². The molecule has 6 nitrogen and oxygen atoms in total. The van der Waals surface area contributed by atoms with Crippen LogP contribution in [0.2, 0.25) is 0 Å². The molecular weight excluding hydrogens is 382 g/mol. The van der Waals surface area contributed by atoms with Gasteiger partial charge in [0.2, 0.25) is 6.41 Å². The van der Waals surface area contributed by atoms with Crippen LogP contribution in [0.5, 0.6) is 17.2 Å². The van der Waals surface area contributed by atoms with Gasteiger partial charge in [-0.3, -0.25) is 9.59 Å². The molecule has 0 fully saturated rings. The summed E-state index contributed by atoms with van der Waals surface area (Å²) in [5.74, 6) is 0.901. The van der Waals surface area contributed by atoms with Crippen molar-refractivity contribution >= 4 is 24.0 Å². The predicted octanol–water partition coefficient (Wildman–Crippen LogP) is 4.37. The molecule has 3 aromatic carbocycles. The molecular formula is C24H19NO5. The van der Waals surface area contributed by atoms with Gasteiger partial charge in [0.1, 0.15) is 17.2 Å². The molecule has 30 heavy (non-hydrogen) atoms. The molecule has 0 radical (unpaired) electrons. The summed E-state index contributed by atoms with van der Waals surface area (Å²) in [6.45, 7) is 0. The van der Waals surface area contributed by atoms with E-state index in [2.05, 4.69) is 5.32 Å². The van der Waals surface area contributed by atoms with Crippen LogP contribution in [0, 0.1) is 0 Å². The molecule has 1 aliphatic heterocycles. The van der Waals surface area contributed by atoms with Crippen LogP contribution in [-0.4, -0.2) is 24.4 Å². The lowest BCUT2D eigenvalue weighted by molar-refractivity contribution is -0.105. The highest BCUT2D eigenvalue weighted by atomic mass is 16.5. The fourth-order valence-corrected chi connectivity index (χ4v) is 3.35. The average Bonchev–Trinajstić information content (AvgIpc) is 2.77. The number of methoxy groups -OCH3 is 1. The lowest BCUT2D eigenvalue weighted by atomic mass is 9.89. The van der Waals surface area contributed by atoms with Crippen molar-refractivity contribution in [2.75, 3.05) is 12.4 Å². The first-order valence-electron chi connectivity index (χ1n) is 9.29. The van der Waals surface area contributed by atoms with Gasteiger partial charge in [0.25, 0.3) is 0 Å². The molecule has 0 aromatic heterocycles. The number of carbonyl (C=O) groups is 2. The van der Waals surface area contributed by atoms with E-state index in [4.69, 9.17) is 9.47 Å². The van der Waals surface area contributed by atoms with E-state index < -0.39 is 6.10 Å². The molecule has 2 N–H and O–H groups in total.